The lowest BCUT2D eigenvalue weighted by atomic mass is 10.4. The number of rotatable bonds is 6. The third-order valence-electron chi connectivity index (χ3n) is 1.47. The van der Waals surface area contributed by atoms with Crippen molar-refractivity contribution in [3.05, 3.63) is 0 Å². The second-order valence-corrected chi connectivity index (χ2v) is 3.01. The van der Waals surface area contributed by atoms with Crippen LogP contribution in [0.4, 0.5) is 0 Å². The fourth-order valence-electron chi connectivity index (χ4n) is 0.712. The smallest absolute Gasteiger partial charge is 0.332 e. The molecule has 0 saturated carbocycles. The first-order chi connectivity index (χ1) is 5.54. The molecule has 0 aliphatic heterocycles. The Morgan fingerprint density at radius 1 is 1.58 bits per heavy atom. The Kier molecular flexibility index (Phi) is 5.66. The molecule has 0 aliphatic rings. The van der Waals surface area contributed by atoms with Gasteiger partial charge in [0.1, 0.15) is 0 Å². The zero-order valence-electron chi connectivity index (χ0n) is 7.91. The van der Waals surface area contributed by atoms with Crippen LogP contribution in [0.15, 0.2) is 0 Å². The summed E-state index contributed by atoms with van der Waals surface area (Å²) in [5, 5.41) is 8.46. The third kappa shape index (κ3) is 6.12. The summed E-state index contributed by atoms with van der Waals surface area (Å²) in [7, 11) is 3.95. The van der Waals surface area contributed by atoms with Gasteiger partial charge < -0.3 is 14.7 Å². The number of aliphatic carboxylic acids is 1. The highest BCUT2D eigenvalue weighted by Gasteiger charge is 2.09. The van der Waals surface area contributed by atoms with Crippen LogP contribution < -0.4 is 0 Å². The van der Waals surface area contributed by atoms with Gasteiger partial charge in [-0.15, -0.1) is 0 Å². The Hall–Kier alpha value is -0.610. The standard InChI is InChI=1S/C8H17NO3/c1-7(8(10)11)12-6-4-5-9(2)3/h7H,4-6H2,1-3H3,(H,10,11). The third-order valence-corrected chi connectivity index (χ3v) is 1.47. The van der Waals surface area contributed by atoms with Crippen molar-refractivity contribution in [2.24, 2.45) is 0 Å². The molecule has 0 saturated heterocycles. The van der Waals surface area contributed by atoms with Crippen molar-refractivity contribution in [3.63, 3.8) is 0 Å². The number of ether oxygens (including phenoxy) is 1. The first-order valence-corrected chi connectivity index (χ1v) is 4.03. The molecule has 0 aromatic carbocycles. The average molecular weight is 175 g/mol. The number of nitrogens with zero attached hydrogens (tertiary/aromatic N) is 1. The molecule has 72 valence electrons. The molecule has 4 heteroatoms. The summed E-state index contributed by atoms with van der Waals surface area (Å²) >= 11 is 0. The Morgan fingerprint density at radius 2 is 2.17 bits per heavy atom. The van der Waals surface area contributed by atoms with Gasteiger partial charge in [-0.1, -0.05) is 0 Å². The van der Waals surface area contributed by atoms with Gasteiger partial charge in [0, 0.05) is 6.61 Å². The van der Waals surface area contributed by atoms with Crippen molar-refractivity contribution < 1.29 is 14.6 Å². The highest BCUT2D eigenvalue weighted by molar-refractivity contribution is 5.71. The summed E-state index contributed by atoms with van der Waals surface area (Å²) in [6.07, 6.45) is 0.178. The molecule has 0 bridgehead atoms. The van der Waals surface area contributed by atoms with Crippen LogP contribution in [0.25, 0.3) is 0 Å². The van der Waals surface area contributed by atoms with E-state index in [4.69, 9.17) is 9.84 Å². The van der Waals surface area contributed by atoms with E-state index in [0.29, 0.717) is 6.61 Å². The van der Waals surface area contributed by atoms with E-state index in [1.165, 1.54) is 6.92 Å². The highest BCUT2D eigenvalue weighted by atomic mass is 16.5. The number of carboxylic acid groups (broad SMARTS) is 1. The van der Waals surface area contributed by atoms with Gasteiger partial charge in [0.2, 0.25) is 0 Å². The SMILES string of the molecule is CC(OCCCN(C)C)C(=O)O. The van der Waals surface area contributed by atoms with Gasteiger partial charge in [-0.2, -0.15) is 0 Å². The molecule has 1 unspecified atom stereocenters. The molecule has 1 atom stereocenters. The summed E-state index contributed by atoms with van der Waals surface area (Å²) < 4.78 is 5.03. The van der Waals surface area contributed by atoms with Crippen LogP contribution in [0.5, 0.6) is 0 Å². The van der Waals surface area contributed by atoms with Crippen molar-refractivity contribution >= 4 is 5.97 Å². The zero-order valence-corrected chi connectivity index (χ0v) is 7.91. The molecule has 0 radical (unpaired) electrons. The molecule has 4 nitrogen and oxygen atoms in total. The summed E-state index contributed by atoms with van der Waals surface area (Å²) in [6, 6.07) is 0. The van der Waals surface area contributed by atoms with E-state index in [2.05, 4.69) is 0 Å². The summed E-state index contributed by atoms with van der Waals surface area (Å²) in [6.45, 7) is 2.97. The predicted molar refractivity (Wildman–Crippen MR) is 46.2 cm³/mol. The average Bonchev–Trinajstić information content (AvgIpc) is 1.97. The van der Waals surface area contributed by atoms with Gasteiger partial charge in [-0.05, 0) is 34.0 Å². The number of carboxylic acids is 1. The van der Waals surface area contributed by atoms with Crippen molar-refractivity contribution in [1.29, 1.82) is 0 Å². The summed E-state index contributed by atoms with van der Waals surface area (Å²) in [5.74, 6) is -0.903. The van der Waals surface area contributed by atoms with Gasteiger partial charge in [-0.25, -0.2) is 4.79 Å². The predicted octanol–water partition coefficient (Wildman–Crippen LogP) is 0.428. The zero-order chi connectivity index (χ0) is 9.56. The Morgan fingerprint density at radius 3 is 2.58 bits per heavy atom. The van der Waals surface area contributed by atoms with Crippen LogP contribution in [0.3, 0.4) is 0 Å². The Bertz CT molecular complexity index is 136. The summed E-state index contributed by atoms with van der Waals surface area (Å²) in [5.41, 5.74) is 0. The van der Waals surface area contributed by atoms with Crippen LogP contribution in [0.1, 0.15) is 13.3 Å². The van der Waals surface area contributed by atoms with E-state index >= 15 is 0 Å². The molecule has 0 aromatic rings. The van der Waals surface area contributed by atoms with Gasteiger partial charge >= 0.3 is 5.97 Å². The van der Waals surface area contributed by atoms with E-state index in [9.17, 15) is 4.79 Å². The molecule has 0 heterocycles. The molecule has 0 amide bonds. The van der Waals surface area contributed by atoms with Gasteiger partial charge in [0.15, 0.2) is 6.10 Å². The van der Waals surface area contributed by atoms with Crippen molar-refractivity contribution in [2.45, 2.75) is 19.4 Å². The minimum atomic E-state index is -0.903. The molecule has 0 aromatic heterocycles. The molecule has 0 rings (SSSR count). The Balaban J connectivity index is 3.25. The Labute approximate surface area is 73.1 Å². The minimum absolute atomic E-state index is 0.506. The van der Waals surface area contributed by atoms with Gasteiger partial charge in [0.25, 0.3) is 0 Å². The van der Waals surface area contributed by atoms with Crippen LogP contribution in [-0.2, 0) is 9.53 Å². The maximum atomic E-state index is 10.3. The second-order valence-electron chi connectivity index (χ2n) is 3.01. The molecular weight excluding hydrogens is 158 g/mol. The maximum Gasteiger partial charge on any atom is 0.332 e. The quantitative estimate of drug-likeness (QED) is 0.595. The molecular formula is C8H17NO3. The number of hydrogen-bond donors (Lipinski definition) is 1. The lowest BCUT2D eigenvalue weighted by molar-refractivity contribution is -0.149. The van der Waals surface area contributed by atoms with E-state index in [1.54, 1.807) is 0 Å². The van der Waals surface area contributed by atoms with E-state index in [0.717, 1.165) is 13.0 Å². The molecule has 1 N–H and O–H groups in total. The molecule has 0 spiro atoms. The number of hydrogen-bond acceptors (Lipinski definition) is 3. The maximum absolute atomic E-state index is 10.3. The lowest BCUT2D eigenvalue weighted by Crippen LogP contribution is -2.22. The van der Waals surface area contributed by atoms with Crippen molar-refractivity contribution in [3.8, 4) is 0 Å². The van der Waals surface area contributed by atoms with Crippen molar-refractivity contribution in [2.75, 3.05) is 27.2 Å². The van der Waals surface area contributed by atoms with E-state index in [-0.39, 0.29) is 0 Å². The highest BCUT2D eigenvalue weighted by Crippen LogP contribution is 1.92. The minimum Gasteiger partial charge on any atom is -0.479 e. The van der Waals surface area contributed by atoms with E-state index in [1.807, 2.05) is 19.0 Å². The fraction of sp³-hybridized carbons (Fsp3) is 0.875. The van der Waals surface area contributed by atoms with Crippen LogP contribution in [0.2, 0.25) is 0 Å². The molecule has 12 heavy (non-hydrogen) atoms. The second kappa shape index (κ2) is 5.97. The monoisotopic (exact) mass is 175 g/mol. The lowest BCUT2D eigenvalue weighted by Gasteiger charge is -2.11. The van der Waals surface area contributed by atoms with E-state index < -0.39 is 12.1 Å². The van der Waals surface area contributed by atoms with Gasteiger partial charge in [0.05, 0.1) is 0 Å². The van der Waals surface area contributed by atoms with Crippen LogP contribution in [-0.4, -0.2) is 49.3 Å². The normalized spacial score (nSPS) is 13.3. The molecule has 0 fully saturated rings. The summed E-state index contributed by atoms with van der Waals surface area (Å²) in [4.78, 5) is 12.3. The van der Waals surface area contributed by atoms with Crippen LogP contribution >= 0.6 is 0 Å². The van der Waals surface area contributed by atoms with Crippen LogP contribution in [0, 0.1) is 0 Å². The first-order valence-electron chi connectivity index (χ1n) is 4.03. The largest absolute Gasteiger partial charge is 0.479 e. The van der Waals surface area contributed by atoms with Gasteiger partial charge in [-0.3, -0.25) is 0 Å². The van der Waals surface area contributed by atoms with Crippen molar-refractivity contribution in [1.82, 2.24) is 4.90 Å². The molecule has 0 aliphatic carbocycles. The number of carbonyl (C=O) groups is 1. The topological polar surface area (TPSA) is 49.8 Å². The first kappa shape index (κ1) is 11.4. The fourth-order valence-corrected chi connectivity index (χ4v) is 0.712.